The Hall–Kier alpha value is -2.40. The maximum absolute atomic E-state index is 4.62. The first-order valence-electron chi connectivity index (χ1n) is 7.73. The van der Waals surface area contributed by atoms with Crippen LogP contribution in [-0.2, 0) is 6.54 Å². The summed E-state index contributed by atoms with van der Waals surface area (Å²) in [6.07, 6.45) is 1.78. The number of halogens is 1. The van der Waals surface area contributed by atoms with Crippen molar-refractivity contribution in [3.05, 3.63) is 76.4 Å². The van der Waals surface area contributed by atoms with Gasteiger partial charge in [-0.15, -0.1) is 0 Å². The molecule has 3 rings (SSSR count). The molecule has 2 aromatic carbocycles. The molecular formula is C19H19BrN4. The minimum Gasteiger partial charge on any atom is -0.355 e. The topological polar surface area (TPSA) is 41.1 Å². The fraction of sp³-hybridized carbons (Fsp3) is 0.158. The van der Waals surface area contributed by atoms with Gasteiger partial charge in [0.25, 0.3) is 0 Å². The molecule has 0 aliphatic carbocycles. The van der Waals surface area contributed by atoms with Crippen molar-refractivity contribution in [2.75, 3.05) is 17.3 Å². The Morgan fingerprint density at radius 3 is 2.62 bits per heavy atom. The monoisotopic (exact) mass is 382 g/mol. The molecule has 0 bridgehead atoms. The molecule has 0 aliphatic heterocycles. The van der Waals surface area contributed by atoms with Crippen LogP contribution in [0.5, 0.6) is 0 Å². The molecular weight excluding hydrogens is 364 g/mol. The molecule has 0 saturated heterocycles. The molecule has 0 amide bonds. The van der Waals surface area contributed by atoms with E-state index in [4.69, 9.17) is 0 Å². The first kappa shape index (κ1) is 16.5. The van der Waals surface area contributed by atoms with Gasteiger partial charge in [0.1, 0.15) is 5.82 Å². The molecule has 0 radical (unpaired) electrons. The molecule has 4 nitrogen and oxygen atoms in total. The number of nitrogens with zero attached hydrogens (tertiary/aromatic N) is 3. The van der Waals surface area contributed by atoms with E-state index in [2.05, 4.69) is 61.2 Å². The summed E-state index contributed by atoms with van der Waals surface area (Å²) in [5.41, 5.74) is 3.38. The van der Waals surface area contributed by atoms with E-state index in [1.807, 2.05) is 43.4 Å². The number of hydrogen-bond acceptors (Lipinski definition) is 4. The normalized spacial score (nSPS) is 10.5. The van der Waals surface area contributed by atoms with Crippen molar-refractivity contribution in [3.8, 4) is 0 Å². The van der Waals surface area contributed by atoms with E-state index in [1.165, 1.54) is 5.56 Å². The van der Waals surface area contributed by atoms with Crippen molar-refractivity contribution in [2.24, 2.45) is 0 Å². The molecule has 3 aromatic rings. The summed E-state index contributed by atoms with van der Waals surface area (Å²) in [6.45, 7) is 2.85. The highest BCUT2D eigenvalue weighted by Gasteiger charge is 2.07. The second kappa shape index (κ2) is 7.45. The highest BCUT2D eigenvalue weighted by atomic mass is 79.9. The number of hydrogen-bond donors (Lipinski definition) is 1. The molecule has 24 heavy (non-hydrogen) atoms. The molecule has 0 saturated carbocycles. The molecule has 0 aliphatic rings. The molecule has 1 heterocycles. The van der Waals surface area contributed by atoms with Gasteiger partial charge < -0.3 is 10.2 Å². The average molecular weight is 383 g/mol. The smallest absolute Gasteiger partial charge is 0.229 e. The van der Waals surface area contributed by atoms with Gasteiger partial charge in [-0.25, -0.2) is 4.98 Å². The summed E-state index contributed by atoms with van der Waals surface area (Å²) in [6, 6.07) is 18.3. The third-order valence-corrected chi connectivity index (χ3v) is 4.22. The van der Waals surface area contributed by atoms with Gasteiger partial charge >= 0.3 is 0 Å². The zero-order chi connectivity index (χ0) is 16.9. The lowest BCUT2D eigenvalue weighted by atomic mass is 10.2. The Labute approximate surface area is 150 Å². The van der Waals surface area contributed by atoms with Gasteiger partial charge in [0.15, 0.2) is 0 Å². The predicted molar refractivity (Wildman–Crippen MR) is 103 cm³/mol. The predicted octanol–water partition coefficient (Wildman–Crippen LogP) is 4.93. The fourth-order valence-electron chi connectivity index (χ4n) is 2.45. The molecule has 122 valence electrons. The van der Waals surface area contributed by atoms with E-state index in [9.17, 15) is 0 Å². The van der Waals surface area contributed by atoms with Gasteiger partial charge in [-0.3, -0.25) is 0 Å². The van der Waals surface area contributed by atoms with Crippen LogP contribution >= 0.6 is 15.9 Å². The quantitative estimate of drug-likeness (QED) is 0.679. The van der Waals surface area contributed by atoms with Crippen LogP contribution in [0.1, 0.15) is 11.1 Å². The second-order valence-electron chi connectivity index (χ2n) is 5.66. The van der Waals surface area contributed by atoms with Crippen molar-refractivity contribution in [2.45, 2.75) is 13.5 Å². The van der Waals surface area contributed by atoms with Crippen LogP contribution in [0.4, 0.5) is 17.5 Å². The van der Waals surface area contributed by atoms with Crippen molar-refractivity contribution < 1.29 is 0 Å². The second-order valence-corrected chi connectivity index (χ2v) is 6.58. The lowest BCUT2D eigenvalue weighted by molar-refractivity contribution is 0.893. The standard InChI is InChI=1S/C19H19BrN4/c1-14-12-16(20)8-9-17(14)22-19-21-11-10-18(23-19)24(2)13-15-6-4-3-5-7-15/h3-12H,13H2,1-2H3,(H,21,22,23). The number of aryl methyl sites for hydroxylation is 1. The van der Waals surface area contributed by atoms with Crippen LogP contribution in [0.25, 0.3) is 0 Å². The van der Waals surface area contributed by atoms with E-state index < -0.39 is 0 Å². The summed E-state index contributed by atoms with van der Waals surface area (Å²) < 4.78 is 1.06. The highest BCUT2D eigenvalue weighted by Crippen LogP contribution is 2.23. The molecule has 0 unspecified atom stereocenters. The van der Waals surface area contributed by atoms with Gasteiger partial charge in [-0.2, -0.15) is 4.98 Å². The maximum atomic E-state index is 4.62. The Balaban J connectivity index is 1.76. The molecule has 0 spiro atoms. The van der Waals surface area contributed by atoms with Crippen molar-refractivity contribution >= 4 is 33.4 Å². The number of rotatable bonds is 5. The van der Waals surface area contributed by atoms with Crippen LogP contribution in [0, 0.1) is 6.92 Å². The van der Waals surface area contributed by atoms with E-state index >= 15 is 0 Å². The largest absolute Gasteiger partial charge is 0.355 e. The third-order valence-electron chi connectivity index (χ3n) is 3.73. The Bertz CT molecular complexity index is 821. The summed E-state index contributed by atoms with van der Waals surface area (Å²) in [4.78, 5) is 11.1. The van der Waals surface area contributed by atoms with Crippen LogP contribution in [0.15, 0.2) is 65.3 Å². The Morgan fingerprint density at radius 1 is 1.08 bits per heavy atom. The first-order valence-corrected chi connectivity index (χ1v) is 8.52. The molecule has 1 N–H and O–H groups in total. The van der Waals surface area contributed by atoms with Crippen LogP contribution < -0.4 is 10.2 Å². The molecule has 0 fully saturated rings. The first-order chi connectivity index (χ1) is 11.6. The lowest BCUT2D eigenvalue weighted by Crippen LogP contribution is -2.18. The minimum atomic E-state index is 0.595. The maximum Gasteiger partial charge on any atom is 0.229 e. The summed E-state index contributed by atoms with van der Waals surface area (Å²) in [7, 11) is 2.03. The van der Waals surface area contributed by atoms with Crippen LogP contribution in [0.2, 0.25) is 0 Å². The molecule has 1 aromatic heterocycles. The van der Waals surface area contributed by atoms with Gasteiger partial charge in [0, 0.05) is 29.9 Å². The van der Waals surface area contributed by atoms with Crippen molar-refractivity contribution in [1.82, 2.24) is 9.97 Å². The Morgan fingerprint density at radius 2 is 1.88 bits per heavy atom. The molecule has 5 heteroatoms. The van der Waals surface area contributed by atoms with Gasteiger partial charge in [-0.1, -0.05) is 46.3 Å². The van der Waals surface area contributed by atoms with Gasteiger partial charge in [0.2, 0.25) is 5.95 Å². The van der Waals surface area contributed by atoms with Crippen LogP contribution in [-0.4, -0.2) is 17.0 Å². The number of aromatic nitrogens is 2. The minimum absolute atomic E-state index is 0.595. The van der Waals surface area contributed by atoms with Crippen molar-refractivity contribution in [3.63, 3.8) is 0 Å². The Kier molecular flexibility index (Phi) is 5.11. The number of nitrogens with one attached hydrogen (secondary N) is 1. The van der Waals surface area contributed by atoms with Crippen LogP contribution in [0.3, 0.4) is 0 Å². The zero-order valence-corrected chi connectivity index (χ0v) is 15.3. The lowest BCUT2D eigenvalue weighted by Gasteiger charge is -2.19. The summed E-state index contributed by atoms with van der Waals surface area (Å²) >= 11 is 3.48. The number of anilines is 3. The average Bonchev–Trinajstić information content (AvgIpc) is 2.59. The third kappa shape index (κ3) is 4.11. The van der Waals surface area contributed by atoms with Gasteiger partial charge in [0.05, 0.1) is 0 Å². The SMILES string of the molecule is Cc1cc(Br)ccc1Nc1nccc(N(C)Cc2ccccc2)n1. The fourth-order valence-corrected chi connectivity index (χ4v) is 2.92. The summed E-state index contributed by atoms with van der Waals surface area (Å²) in [5.74, 6) is 1.48. The zero-order valence-electron chi connectivity index (χ0n) is 13.7. The van der Waals surface area contributed by atoms with Gasteiger partial charge in [-0.05, 0) is 42.3 Å². The van der Waals surface area contributed by atoms with E-state index in [0.717, 1.165) is 28.1 Å². The van der Waals surface area contributed by atoms with E-state index in [1.54, 1.807) is 6.20 Å². The summed E-state index contributed by atoms with van der Waals surface area (Å²) in [5, 5.41) is 3.29. The van der Waals surface area contributed by atoms with E-state index in [0.29, 0.717) is 5.95 Å². The van der Waals surface area contributed by atoms with E-state index in [-0.39, 0.29) is 0 Å². The highest BCUT2D eigenvalue weighted by molar-refractivity contribution is 9.10. The molecule has 0 atom stereocenters. The number of benzene rings is 2. The van der Waals surface area contributed by atoms with Crippen molar-refractivity contribution in [1.29, 1.82) is 0 Å².